The van der Waals surface area contributed by atoms with Crippen molar-refractivity contribution >= 4 is 15.9 Å². The molecule has 0 fully saturated rings. The van der Waals surface area contributed by atoms with E-state index in [0.29, 0.717) is 11.8 Å². The highest BCUT2D eigenvalue weighted by Crippen LogP contribution is 2.58. The summed E-state index contributed by atoms with van der Waals surface area (Å²) in [5, 5.41) is 9.56. The highest BCUT2D eigenvalue weighted by molar-refractivity contribution is 9.10. The Labute approximate surface area is 159 Å². The van der Waals surface area contributed by atoms with Crippen LogP contribution >= 0.6 is 15.9 Å². The van der Waals surface area contributed by atoms with Gasteiger partial charge in [0.1, 0.15) is 5.75 Å². The van der Waals surface area contributed by atoms with E-state index in [2.05, 4.69) is 20.7 Å². The second-order valence-corrected chi connectivity index (χ2v) is 7.28. The Morgan fingerprint density at radius 3 is 2.07 bits per heavy atom. The summed E-state index contributed by atoms with van der Waals surface area (Å²) in [7, 11) is 1.37. The average Bonchev–Trinajstić information content (AvgIpc) is 2.52. The van der Waals surface area contributed by atoms with E-state index in [9.17, 15) is 31.4 Å². The Bertz CT molecular complexity index is 710. The molecule has 0 radical (unpaired) electrons. The molecule has 150 valence electrons. The van der Waals surface area contributed by atoms with Crippen LogP contribution < -0.4 is 4.74 Å². The Balaban J connectivity index is 2.48. The molecule has 0 aromatic heterocycles. The van der Waals surface area contributed by atoms with Crippen molar-refractivity contribution in [3.8, 4) is 5.75 Å². The van der Waals surface area contributed by atoms with Gasteiger partial charge >= 0.3 is 12.4 Å². The van der Waals surface area contributed by atoms with E-state index in [1.807, 2.05) is 0 Å². The van der Waals surface area contributed by atoms with Crippen molar-refractivity contribution in [2.24, 2.45) is 0 Å². The Morgan fingerprint density at radius 2 is 1.63 bits per heavy atom. The van der Waals surface area contributed by atoms with Crippen LogP contribution in [0.4, 0.5) is 26.3 Å². The standard InChI is InChI=1S/C17H15BrF6O3/c1-26-13-6-4-11(5-7-13)10-27-15(16(19,20)21,17(22,23)24)14(18)8-2-3-12(25)9-14/h2-8,25H,9-10H2,1H3. The normalized spacial score (nSPS) is 21.1. The number of allylic oxidation sites excluding steroid dienone is 3. The predicted octanol–water partition coefficient (Wildman–Crippen LogP) is 5.61. The van der Waals surface area contributed by atoms with E-state index in [1.165, 1.54) is 31.4 Å². The van der Waals surface area contributed by atoms with Gasteiger partial charge in [-0.1, -0.05) is 40.2 Å². The minimum atomic E-state index is -5.83. The van der Waals surface area contributed by atoms with Crippen molar-refractivity contribution in [1.29, 1.82) is 0 Å². The van der Waals surface area contributed by atoms with E-state index in [1.54, 1.807) is 0 Å². The summed E-state index contributed by atoms with van der Waals surface area (Å²) in [5.41, 5.74) is -4.50. The zero-order valence-corrected chi connectivity index (χ0v) is 15.5. The van der Waals surface area contributed by atoms with Crippen LogP contribution in [0.2, 0.25) is 0 Å². The molecule has 0 amide bonds. The Kier molecular flexibility index (Phi) is 5.91. The highest BCUT2D eigenvalue weighted by Gasteiger charge is 2.80. The summed E-state index contributed by atoms with van der Waals surface area (Å²) in [5.74, 6) is -0.251. The largest absolute Gasteiger partial charge is 0.512 e. The molecule has 1 aromatic carbocycles. The van der Waals surface area contributed by atoms with Gasteiger partial charge in [-0.2, -0.15) is 26.3 Å². The third-order valence-electron chi connectivity index (χ3n) is 4.09. The van der Waals surface area contributed by atoms with Crippen LogP contribution in [-0.2, 0) is 11.3 Å². The molecule has 0 heterocycles. The van der Waals surface area contributed by atoms with Gasteiger partial charge in [0, 0.05) is 6.42 Å². The summed E-state index contributed by atoms with van der Waals surface area (Å²) in [6.07, 6.45) is -10.0. The van der Waals surface area contributed by atoms with Gasteiger partial charge in [-0.05, 0) is 23.8 Å². The zero-order valence-electron chi connectivity index (χ0n) is 13.9. The number of rotatable bonds is 5. The number of methoxy groups -OCH3 is 1. The SMILES string of the molecule is COc1ccc(COC(C(F)(F)F)(C(F)(F)F)C2(Br)C=CC=C(O)C2)cc1. The van der Waals surface area contributed by atoms with Crippen molar-refractivity contribution in [1.82, 2.24) is 0 Å². The van der Waals surface area contributed by atoms with Crippen molar-refractivity contribution in [3.63, 3.8) is 0 Å². The number of hydrogen-bond acceptors (Lipinski definition) is 3. The lowest BCUT2D eigenvalue weighted by Gasteiger charge is -2.47. The van der Waals surface area contributed by atoms with Gasteiger partial charge in [0.2, 0.25) is 0 Å². The van der Waals surface area contributed by atoms with Crippen LogP contribution in [0.3, 0.4) is 0 Å². The molecule has 0 bridgehead atoms. The van der Waals surface area contributed by atoms with Crippen molar-refractivity contribution in [3.05, 3.63) is 53.8 Å². The molecule has 1 aliphatic carbocycles. The van der Waals surface area contributed by atoms with E-state index < -0.39 is 41.1 Å². The maximum absolute atomic E-state index is 13.8. The minimum Gasteiger partial charge on any atom is -0.512 e. The number of halogens is 7. The summed E-state index contributed by atoms with van der Waals surface area (Å²) >= 11 is 2.56. The smallest absolute Gasteiger partial charge is 0.428 e. The second kappa shape index (κ2) is 7.38. The average molecular weight is 461 g/mol. The third-order valence-corrected chi connectivity index (χ3v) is 5.19. The number of hydrogen-bond donors (Lipinski definition) is 1. The van der Waals surface area contributed by atoms with Crippen LogP contribution in [0.15, 0.2) is 48.3 Å². The fourth-order valence-corrected chi connectivity index (χ4v) is 3.77. The lowest BCUT2D eigenvalue weighted by Crippen LogP contribution is -2.69. The molecule has 27 heavy (non-hydrogen) atoms. The second-order valence-electron chi connectivity index (χ2n) is 5.87. The van der Waals surface area contributed by atoms with Crippen LogP contribution in [0.1, 0.15) is 12.0 Å². The lowest BCUT2D eigenvalue weighted by molar-refractivity contribution is -0.390. The van der Waals surface area contributed by atoms with E-state index >= 15 is 0 Å². The molecule has 2 rings (SSSR count). The van der Waals surface area contributed by atoms with Gasteiger partial charge in [-0.25, -0.2) is 0 Å². The lowest BCUT2D eigenvalue weighted by atomic mass is 9.80. The highest BCUT2D eigenvalue weighted by atomic mass is 79.9. The van der Waals surface area contributed by atoms with Gasteiger partial charge in [0.05, 0.1) is 23.8 Å². The molecule has 0 saturated carbocycles. The van der Waals surface area contributed by atoms with Crippen LogP contribution in [0, 0.1) is 0 Å². The van der Waals surface area contributed by atoms with E-state index in [-0.39, 0.29) is 5.56 Å². The quantitative estimate of drug-likeness (QED) is 0.458. The maximum Gasteiger partial charge on any atom is 0.428 e. The van der Waals surface area contributed by atoms with Gasteiger partial charge in [-0.3, -0.25) is 0 Å². The maximum atomic E-state index is 13.8. The summed E-state index contributed by atoms with van der Waals surface area (Å²) in [6.45, 7) is -0.964. The van der Waals surface area contributed by atoms with Gasteiger partial charge in [-0.15, -0.1) is 0 Å². The minimum absolute atomic E-state index is 0.0873. The molecule has 3 nitrogen and oxygen atoms in total. The molecule has 0 spiro atoms. The molecule has 1 N–H and O–H groups in total. The van der Waals surface area contributed by atoms with Crippen molar-refractivity contribution in [2.75, 3.05) is 7.11 Å². The molecule has 1 aliphatic rings. The first-order valence-electron chi connectivity index (χ1n) is 7.53. The van der Waals surface area contributed by atoms with E-state index in [4.69, 9.17) is 4.74 Å². The van der Waals surface area contributed by atoms with E-state index in [0.717, 1.165) is 12.2 Å². The first-order chi connectivity index (χ1) is 12.4. The molecule has 0 saturated heterocycles. The van der Waals surface area contributed by atoms with Crippen LogP contribution in [0.25, 0.3) is 0 Å². The third kappa shape index (κ3) is 3.96. The summed E-state index contributed by atoms with van der Waals surface area (Å²) in [6, 6.07) is 5.37. The number of ether oxygens (including phenoxy) is 2. The fourth-order valence-electron chi connectivity index (χ4n) is 2.76. The molecular formula is C17H15BrF6O3. The number of alkyl halides is 7. The molecule has 1 atom stereocenters. The van der Waals surface area contributed by atoms with Crippen molar-refractivity contribution in [2.45, 2.75) is 35.3 Å². The molecule has 1 aromatic rings. The number of benzene rings is 1. The first kappa shape index (κ1) is 21.6. The first-order valence-corrected chi connectivity index (χ1v) is 8.32. The molecular weight excluding hydrogens is 446 g/mol. The summed E-state index contributed by atoms with van der Waals surface area (Å²) < 4.78 is 89.6. The predicted molar refractivity (Wildman–Crippen MR) is 88.8 cm³/mol. The molecule has 10 heteroatoms. The summed E-state index contributed by atoms with van der Waals surface area (Å²) in [4.78, 5) is 0. The van der Waals surface area contributed by atoms with Gasteiger partial charge < -0.3 is 14.6 Å². The Morgan fingerprint density at radius 1 is 1.07 bits per heavy atom. The fraction of sp³-hybridized carbons (Fsp3) is 0.412. The van der Waals surface area contributed by atoms with Gasteiger partial charge in [0.25, 0.3) is 5.60 Å². The van der Waals surface area contributed by atoms with Crippen molar-refractivity contribution < 1.29 is 40.9 Å². The van der Waals surface area contributed by atoms with Crippen LogP contribution in [-0.4, -0.2) is 34.5 Å². The van der Waals surface area contributed by atoms with Gasteiger partial charge in [0.15, 0.2) is 0 Å². The molecule has 1 unspecified atom stereocenters. The number of aliphatic hydroxyl groups is 1. The monoisotopic (exact) mass is 460 g/mol. The Hall–Kier alpha value is -1.68. The topological polar surface area (TPSA) is 38.7 Å². The molecule has 0 aliphatic heterocycles. The van der Waals surface area contributed by atoms with Crippen LogP contribution in [0.5, 0.6) is 5.75 Å². The number of aliphatic hydroxyl groups excluding tert-OH is 1. The zero-order chi connectivity index (χ0) is 20.5.